The van der Waals surface area contributed by atoms with E-state index in [0.717, 1.165) is 19.6 Å². The Morgan fingerprint density at radius 3 is 2.93 bits per heavy atom. The van der Waals surface area contributed by atoms with Crippen molar-refractivity contribution < 1.29 is 9.59 Å². The molecule has 0 saturated carbocycles. The fraction of sp³-hybridized carbons (Fsp3) is 0.800. The quantitative estimate of drug-likeness (QED) is 0.590. The van der Waals surface area contributed by atoms with Crippen LogP contribution in [0, 0.1) is 0 Å². The fourth-order valence-corrected chi connectivity index (χ4v) is 2.15. The maximum atomic E-state index is 12.0. The van der Waals surface area contributed by atoms with Crippen LogP contribution in [0.15, 0.2) is 0 Å². The maximum absolute atomic E-state index is 12.0. The van der Waals surface area contributed by atoms with Crippen LogP contribution in [0.5, 0.6) is 0 Å². The number of amides is 2. The summed E-state index contributed by atoms with van der Waals surface area (Å²) >= 11 is 0. The number of rotatable bonds is 1. The lowest BCUT2D eigenvalue weighted by atomic mass is 10.1. The Kier molecular flexibility index (Phi) is 2.90. The average Bonchev–Trinajstić information content (AvgIpc) is 2.64. The number of nitrogens with zero attached hydrogens (tertiary/aromatic N) is 1. The first-order chi connectivity index (χ1) is 7.16. The predicted octanol–water partition coefficient (Wildman–Crippen LogP) is -0.915. The van der Waals surface area contributed by atoms with Gasteiger partial charge in [0.15, 0.2) is 0 Å². The van der Waals surface area contributed by atoms with Gasteiger partial charge in [-0.05, 0) is 13.3 Å². The lowest BCUT2D eigenvalue weighted by molar-refractivity contribution is -0.135. The van der Waals surface area contributed by atoms with Crippen molar-refractivity contribution in [1.82, 2.24) is 15.5 Å². The van der Waals surface area contributed by atoms with Crippen LogP contribution in [0.25, 0.3) is 0 Å². The molecule has 2 aliphatic rings. The molecule has 2 fully saturated rings. The summed E-state index contributed by atoms with van der Waals surface area (Å²) in [6, 6.07) is 0.0719. The fourth-order valence-electron chi connectivity index (χ4n) is 2.15. The van der Waals surface area contributed by atoms with E-state index in [9.17, 15) is 9.59 Å². The molecule has 15 heavy (non-hydrogen) atoms. The monoisotopic (exact) mass is 211 g/mol. The van der Waals surface area contributed by atoms with E-state index < -0.39 is 0 Å². The Hall–Kier alpha value is -1.10. The molecule has 0 aromatic rings. The van der Waals surface area contributed by atoms with Crippen LogP contribution in [0.4, 0.5) is 0 Å². The molecular formula is C10H17N3O2. The summed E-state index contributed by atoms with van der Waals surface area (Å²) in [5.74, 6) is 0.0748. The molecule has 5 heteroatoms. The molecule has 0 aromatic carbocycles. The van der Waals surface area contributed by atoms with Gasteiger partial charge in [-0.2, -0.15) is 0 Å². The molecule has 0 bridgehead atoms. The third kappa shape index (κ3) is 2.28. The van der Waals surface area contributed by atoms with Crippen LogP contribution in [-0.2, 0) is 9.59 Å². The molecular weight excluding hydrogens is 194 g/mol. The third-order valence-electron chi connectivity index (χ3n) is 2.97. The molecule has 5 nitrogen and oxygen atoms in total. The van der Waals surface area contributed by atoms with Crippen LogP contribution in [-0.4, -0.2) is 48.4 Å². The van der Waals surface area contributed by atoms with Gasteiger partial charge in [0.05, 0.1) is 0 Å². The van der Waals surface area contributed by atoms with E-state index in [1.165, 1.54) is 0 Å². The Morgan fingerprint density at radius 2 is 2.33 bits per heavy atom. The van der Waals surface area contributed by atoms with Crippen LogP contribution in [0.2, 0.25) is 0 Å². The minimum atomic E-state index is -0.275. The first-order valence-corrected chi connectivity index (χ1v) is 5.48. The van der Waals surface area contributed by atoms with Crippen molar-refractivity contribution in [3.8, 4) is 0 Å². The largest absolute Gasteiger partial charge is 0.344 e. The molecule has 2 saturated heterocycles. The first-order valence-electron chi connectivity index (χ1n) is 5.48. The van der Waals surface area contributed by atoms with E-state index >= 15 is 0 Å². The number of carbonyl (C=O) groups excluding carboxylic acids is 2. The Bertz CT molecular complexity index is 280. The van der Waals surface area contributed by atoms with Gasteiger partial charge in [-0.25, -0.2) is 0 Å². The van der Waals surface area contributed by atoms with E-state index in [1.54, 1.807) is 0 Å². The summed E-state index contributed by atoms with van der Waals surface area (Å²) in [4.78, 5) is 24.8. The predicted molar refractivity (Wildman–Crippen MR) is 55.2 cm³/mol. The van der Waals surface area contributed by atoms with Gasteiger partial charge in [0.1, 0.15) is 6.04 Å². The topological polar surface area (TPSA) is 61.4 Å². The summed E-state index contributed by atoms with van der Waals surface area (Å²) in [6.07, 6.45) is 1.13. The molecule has 0 aliphatic carbocycles. The molecule has 2 rings (SSSR count). The Morgan fingerprint density at radius 1 is 1.53 bits per heavy atom. The van der Waals surface area contributed by atoms with Gasteiger partial charge < -0.3 is 15.5 Å². The van der Waals surface area contributed by atoms with E-state index in [1.807, 2.05) is 4.90 Å². The Balaban J connectivity index is 1.92. The minimum absolute atomic E-state index is 0.00321. The highest BCUT2D eigenvalue weighted by Crippen LogP contribution is 2.11. The van der Waals surface area contributed by atoms with Crippen LogP contribution in [0.1, 0.15) is 19.8 Å². The van der Waals surface area contributed by atoms with Crippen LogP contribution >= 0.6 is 0 Å². The second kappa shape index (κ2) is 4.18. The normalized spacial score (nSPS) is 31.5. The van der Waals surface area contributed by atoms with E-state index in [0.29, 0.717) is 18.9 Å². The minimum Gasteiger partial charge on any atom is -0.344 e. The van der Waals surface area contributed by atoms with Crippen LogP contribution in [0.3, 0.4) is 0 Å². The van der Waals surface area contributed by atoms with Gasteiger partial charge in [-0.3, -0.25) is 9.59 Å². The highest BCUT2D eigenvalue weighted by Gasteiger charge is 2.32. The molecule has 0 aromatic heterocycles. The highest BCUT2D eigenvalue weighted by molar-refractivity contribution is 5.90. The number of nitrogens with one attached hydrogen (secondary N) is 2. The summed E-state index contributed by atoms with van der Waals surface area (Å²) in [6.45, 7) is 4.39. The van der Waals surface area contributed by atoms with Crippen molar-refractivity contribution in [3.63, 3.8) is 0 Å². The Labute approximate surface area is 89.2 Å². The van der Waals surface area contributed by atoms with Gasteiger partial charge >= 0.3 is 0 Å². The smallest absolute Gasteiger partial charge is 0.245 e. The van der Waals surface area contributed by atoms with Gasteiger partial charge in [-0.15, -0.1) is 0 Å². The number of piperazine rings is 1. The molecule has 2 aliphatic heterocycles. The lowest BCUT2D eigenvalue weighted by Gasteiger charge is -2.33. The van der Waals surface area contributed by atoms with Crippen molar-refractivity contribution >= 4 is 11.8 Å². The van der Waals surface area contributed by atoms with E-state index in [2.05, 4.69) is 17.6 Å². The first kappa shape index (κ1) is 10.4. The zero-order valence-electron chi connectivity index (χ0n) is 8.95. The molecule has 2 unspecified atom stereocenters. The summed E-state index contributed by atoms with van der Waals surface area (Å²) in [5.41, 5.74) is 0. The number of hydrogen-bond acceptors (Lipinski definition) is 3. The molecule has 2 heterocycles. The summed E-state index contributed by atoms with van der Waals surface area (Å²) in [5, 5.41) is 6.00. The average molecular weight is 211 g/mol. The van der Waals surface area contributed by atoms with Crippen LogP contribution < -0.4 is 10.6 Å². The number of carbonyl (C=O) groups is 2. The van der Waals surface area contributed by atoms with Gasteiger partial charge in [0.25, 0.3) is 0 Å². The maximum Gasteiger partial charge on any atom is 0.245 e. The molecule has 84 valence electrons. The van der Waals surface area contributed by atoms with E-state index in [4.69, 9.17) is 0 Å². The zero-order valence-corrected chi connectivity index (χ0v) is 8.95. The summed E-state index contributed by atoms with van der Waals surface area (Å²) in [7, 11) is 0. The van der Waals surface area contributed by atoms with Crippen molar-refractivity contribution in [2.45, 2.75) is 31.8 Å². The highest BCUT2D eigenvalue weighted by atomic mass is 16.2. The molecule has 0 radical (unpaired) electrons. The molecule has 2 N–H and O–H groups in total. The zero-order chi connectivity index (χ0) is 10.8. The van der Waals surface area contributed by atoms with Gasteiger partial charge in [0, 0.05) is 32.1 Å². The third-order valence-corrected chi connectivity index (χ3v) is 2.97. The van der Waals surface area contributed by atoms with Gasteiger partial charge in [-0.1, -0.05) is 0 Å². The number of hydrogen-bond donors (Lipinski definition) is 2. The van der Waals surface area contributed by atoms with Crippen molar-refractivity contribution in [3.05, 3.63) is 0 Å². The lowest BCUT2D eigenvalue weighted by Crippen LogP contribution is -2.55. The second-order valence-electron chi connectivity index (χ2n) is 4.30. The summed E-state index contributed by atoms with van der Waals surface area (Å²) < 4.78 is 0. The van der Waals surface area contributed by atoms with Crippen molar-refractivity contribution in [1.29, 1.82) is 0 Å². The van der Waals surface area contributed by atoms with E-state index in [-0.39, 0.29) is 17.9 Å². The SMILES string of the molecule is CC1CN(C(=O)C2CCC(=O)N2)CCN1. The molecule has 2 atom stereocenters. The molecule has 0 spiro atoms. The van der Waals surface area contributed by atoms with Crippen molar-refractivity contribution in [2.24, 2.45) is 0 Å². The second-order valence-corrected chi connectivity index (χ2v) is 4.30. The standard InChI is InChI=1S/C10H17N3O2/c1-7-6-13(5-4-11-7)10(15)8-2-3-9(14)12-8/h7-8,11H,2-6H2,1H3,(H,12,14). The van der Waals surface area contributed by atoms with Crippen molar-refractivity contribution in [2.75, 3.05) is 19.6 Å². The van der Waals surface area contributed by atoms with Gasteiger partial charge in [0.2, 0.25) is 11.8 Å². The molecule has 2 amide bonds.